The van der Waals surface area contributed by atoms with Crippen LogP contribution in [0.4, 0.5) is 0 Å². The Morgan fingerprint density at radius 1 is 1.35 bits per heavy atom. The number of hydrogen-bond donors (Lipinski definition) is 2. The van der Waals surface area contributed by atoms with E-state index in [2.05, 4.69) is 0 Å². The lowest BCUT2D eigenvalue weighted by Crippen LogP contribution is -2.11. The van der Waals surface area contributed by atoms with Gasteiger partial charge in [-0.2, -0.15) is 0 Å². The Hall–Kier alpha value is -1.55. The maximum Gasteiger partial charge on any atom is 0.337 e. The van der Waals surface area contributed by atoms with Gasteiger partial charge in [0.1, 0.15) is 5.75 Å². The van der Waals surface area contributed by atoms with Gasteiger partial charge in [-0.3, -0.25) is 0 Å². The molecule has 1 rings (SSSR count). The summed E-state index contributed by atoms with van der Waals surface area (Å²) in [6.07, 6.45) is -0.564. The van der Waals surface area contributed by atoms with Crippen LogP contribution in [0, 0.1) is 13.8 Å². The molecule has 0 aliphatic heterocycles. The molecule has 1 aromatic rings. The number of carbonyl (C=O) groups is 1. The summed E-state index contributed by atoms with van der Waals surface area (Å²) in [4.78, 5) is 10.7. The second-order valence-corrected chi connectivity index (χ2v) is 4.07. The molecular formula is C13H18O4. The van der Waals surface area contributed by atoms with Crippen LogP contribution in [0.3, 0.4) is 0 Å². The molecule has 0 heterocycles. The lowest BCUT2D eigenvalue weighted by molar-refractivity contribution is -0.146. The van der Waals surface area contributed by atoms with Crippen molar-refractivity contribution in [2.75, 3.05) is 6.61 Å². The molecule has 17 heavy (non-hydrogen) atoms. The van der Waals surface area contributed by atoms with Gasteiger partial charge in [-0.15, -0.1) is 0 Å². The van der Waals surface area contributed by atoms with Crippen molar-refractivity contribution in [3.05, 3.63) is 28.8 Å². The highest BCUT2D eigenvalue weighted by Gasteiger charge is 2.18. The number of aryl methyl sites for hydroxylation is 2. The van der Waals surface area contributed by atoms with Gasteiger partial charge in [0, 0.05) is 0 Å². The molecule has 0 aliphatic rings. The van der Waals surface area contributed by atoms with Gasteiger partial charge in [-0.05, 0) is 49.1 Å². The Labute approximate surface area is 101 Å². The highest BCUT2D eigenvalue weighted by Crippen LogP contribution is 2.27. The molecule has 2 N–H and O–H groups in total. The van der Waals surface area contributed by atoms with E-state index >= 15 is 0 Å². The van der Waals surface area contributed by atoms with Crippen LogP contribution in [0.15, 0.2) is 12.1 Å². The molecule has 0 fully saturated rings. The molecule has 4 heteroatoms. The SMILES string of the molecule is CCCOc1c(C)cc(C(O)C(=O)O)cc1C. The monoisotopic (exact) mass is 238 g/mol. The fourth-order valence-electron chi connectivity index (χ4n) is 1.72. The van der Waals surface area contributed by atoms with E-state index in [1.54, 1.807) is 12.1 Å². The molecule has 0 spiro atoms. The maximum absolute atomic E-state index is 10.7. The highest BCUT2D eigenvalue weighted by molar-refractivity contribution is 5.74. The molecule has 0 saturated heterocycles. The minimum atomic E-state index is -1.48. The number of rotatable bonds is 5. The molecule has 1 unspecified atom stereocenters. The topological polar surface area (TPSA) is 66.8 Å². The predicted molar refractivity (Wildman–Crippen MR) is 64.3 cm³/mol. The van der Waals surface area contributed by atoms with Crippen molar-refractivity contribution in [1.82, 2.24) is 0 Å². The number of aliphatic carboxylic acids is 1. The average molecular weight is 238 g/mol. The van der Waals surface area contributed by atoms with Crippen LogP contribution in [-0.4, -0.2) is 22.8 Å². The third-order valence-corrected chi connectivity index (χ3v) is 2.48. The minimum Gasteiger partial charge on any atom is -0.493 e. The standard InChI is InChI=1S/C13H18O4/c1-4-5-17-12-8(2)6-10(7-9(12)3)11(14)13(15)16/h6-7,11,14H,4-5H2,1-3H3,(H,15,16). The molecule has 0 aliphatic carbocycles. The highest BCUT2D eigenvalue weighted by atomic mass is 16.5. The van der Waals surface area contributed by atoms with E-state index in [9.17, 15) is 9.90 Å². The number of carboxylic acids is 1. The van der Waals surface area contributed by atoms with E-state index in [1.165, 1.54) is 0 Å². The maximum atomic E-state index is 10.7. The number of aliphatic hydroxyl groups is 1. The normalized spacial score (nSPS) is 12.2. The van der Waals surface area contributed by atoms with E-state index in [0.29, 0.717) is 12.2 Å². The smallest absolute Gasteiger partial charge is 0.337 e. The van der Waals surface area contributed by atoms with Crippen molar-refractivity contribution in [2.45, 2.75) is 33.3 Å². The van der Waals surface area contributed by atoms with E-state index in [1.807, 2.05) is 20.8 Å². The van der Waals surface area contributed by atoms with Crippen molar-refractivity contribution in [2.24, 2.45) is 0 Å². The number of benzene rings is 1. The summed E-state index contributed by atoms with van der Waals surface area (Å²) in [5, 5.41) is 18.2. The van der Waals surface area contributed by atoms with E-state index < -0.39 is 12.1 Å². The molecule has 0 bridgehead atoms. The molecule has 1 atom stereocenters. The van der Waals surface area contributed by atoms with Gasteiger partial charge < -0.3 is 14.9 Å². The zero-order chi connectivity index (χ0) is 13.0. The lowest BCUT2D eigenvalue weighted by atomic mass is 10.0. The quantitative estimate of drug-likeness (QED) is 0.825. The van der Waals surface area contributed by atoms with E-state index in [-0.39, 0.29) is 0 Å². The molecular weight excluding hydrogens is 220 g/mol. The fraction of sp³-hybridized carbons (Fsp3) is 0.462. The van der Waals surface area contributed by atoms with Crippen LogP contribution in [-0.2, 0) is 4.79 Å². The van der Waals surface area contributed by atoms with Crippen molar-refractivity contribution in [3.63, 3.8) is 0 Å². The number of aliphatic hydroxyl groups excluding tert-OH is 1. The fourth-order valence-corrected chi connectivity index (χ4v) is 1.72. The van der Waals surface area contributed by atoms with Crippen LogP contribution < -0.4 is 4.74 Å². The van der Waals surface area contributed by atoms with Crippen molar-refractivity contribution in [3.8, 4) is 5.75 Å². The van der Waals surface area contributed by atoms with Gasteiger partial charge in [0.2, 0.25) is 0 Å². The lowest BCUT2D eigenvalue weighted by Gasteiger charge is -2.14. The first-order valence-corrected chi connectivity index (χ1v) is 5.62. The first kappa shape index (κ1) is 13.5. The van der Waals surface area contributed by atoms with Crippen LogP contribution in [0.2, 0.25) is 0 Å². The second-order valence-electron chi connectivity index (χ2n) is 4.07. The van der Waals surface area contributed by atoms with Crippen molar-refractivity contribution in [1.29, 1.82) is 0 Å². The number of carboxylic acid groups (broad SMARTS) is 1. The molecule has 0 saturated carbocycles. The summed E-state index contributed by atoms with van der Waals surface area (Å²) in [7, 11) is 0. The largest absolute Gasteiger partial charge is 0.493 e. The van der Waals surface area contributed by atoms with Gasteiger partial charge in [0.25, 0.3) is 0 Å². The minimum absolute atomic E-state index is 0.386. The third kappa shape index (κ3) is 3.20. The molecule has 94 valence electrons. The Balaban J connectivity index is 3.04. The van der Waals surface area contributed by atoms with Gasteiger partial charge in [0.15, 0.2) is 6.10 Å². The number of ether oxygens (including phenoxy) is 1. The molecule has 4 nitrogen and oxygen atoms in total. The van der Waals surface area contributed by atoms with Crippen LogP contribution in [0.1, 0.15) is 36.1 Å². The van der Waals surface area contributed by atoms with Gasteiger partial charge in [-0.1, -0.05) is 6.92 Å². The summed E-state index contributed by atoms with van der Waals surface area (Å²) >= 11 is 0. The average Bonchev–Trinajstić information content (AvgIpc) is 2.26. The molecule has 0 radical (unpaired) electrons. The first-order valence-electron chi connectivity index (χ1n) is 5.62. The Kier molecular flexibility index (Phi) is 4.52. The van der Waals surface area contributed by atoms with Crippen molar-refractivity contribution >= 4 is 5.97 Å². The van der Waals surface area contributed by atoms with Crippen LogP contribution in [0.25, 0.3) is 0 Å². The second kappa shape index (κ2) is 5.68. The van der Waals surface area contributed by atoms with Gasteiger partial charge in [-0.25, -0.2) is 4.79 Å². The zero-order valence-electron chi connectivity index (χ0n) is 10.4. The molecule has 0 aromatic heterocycles. The van der Waals surface area contributed by atoms with Crippen molar-refractivity contribution < 1.29 is 19.7 Å². The first-order chi connectivity index (χ1) is 7.97. The zero-order valence-corrected chi connectivity index (χ0v) is 10.4. The summed E-state index contributed by atoms with van der Waals surface area (Å²) in [5.41, 5.74) is 2.07. The summed E-state index contributed by atoms with van der Waals surface area (Å²) in [5.74, 6) is -0.473. The summed E-state index contributed by atoms with van der Waals surface area (Å²) in [6.45, 7) is 6.34. The summed E-state index contributed by atoms with van der Waals surface area (Å²) < 4.78 is 5.58. The Morgan fingerprint density at radius 3 is 2.29 bits per heavy atom. The third-order valence-electron chi connectivity index (χ3n) is 2.48. The van der Waals surface area contributed by atoms with E-state index in [4.69, 9.17) is 9.84 Å². The van der Waals surface area contributed by atoms with Crippen LogP contribution in [0.5, 0.6) is 5.75 Å². The summed E-state index contributed by atoms with van der Waals surface area (Å²) in [6, 6.07) is 3.30. The molecule has 1 aromatic carbocycles. The molecule has 0 amide bonds. The Morgan fingerprint density at radius 2 is 1.88 bits per heavy atom. The number of hydrogen-bond acceptors (Lipinski definition) is 3. The Bertz CT molecular complexity index is 389. The van der Waals surface area contributed by atoms with E-state index in [0.717, 1.165) is 23.3 Å². The van der Waals surface area contributed by atoms with Crippen LogP contribution >= 0.6 is 0 Å². The van der Waals surface area contributed by atoms with Gasteiger partial charge >= 0.3 is 5.97 Å². The van der Waals surface area contributed by atoms with Gasteiger partial charge in [0.05, 0.1) is 6.61 Å². The predicted octanol–water partition coefficient (Wildman–Crippen LogP) is 2.21.